The third-order valence-corrected chi connectivity index (χ3v) is 5.81. The number of nitrogens with zero attached hydrogens (tertiary/aromatic N) is 2. The molecule has 0 amide bonds. The molecule has 0 radical (unpaired) electrons. The number of nitrogens with one attached hydrogen (secondary N) is 1. The molecule has 1 atom stereocenters. The zero-order chi connectivity index (χ0) is 15.8. The van der Waals surface area contributed by atoms with Crippen LogP contribution in [-0.4, -0.2) is 22.6 Å². The Morgan fingerprint density at radius 1 is 1.30 bits per heavy atom. The summed E-state index contributed by atoms with van der Waals surface area (Å²) in [5, 5.41) is 5.68. The van der Waals surface area contributed by atoms with Crippen LogP contribution in [0.2, 0.25) is 0 Å². The molecule has 120 valence electrons. The van der Waals surface area contributed by atoms with Crippen LogP contribution in [0.4, 0.5) is 0 Å². The van der Waals surface area contributed by atoms with Crippen LogP contribution in [0.5, 0.6) is 0 Å². The van der Waals surface area contributed by atoms with Crippen LogP contribution in [0, 0.1) is 19.8 Å². The van der Waals surface area contributed by atoms with E-state index in [0.717, 1.165) is 31.0 Å². The summed E-state index contributed by atoms with van der Waals surface area (Å²) in [6.45, 7) is 7.70. The van der Waals surface area contributed by atoms with Crippen molar-refractivity contribution in [1.82, 2.24) is 14.9 Å². The van der Waals surface area contributed by atoms with Gasteiger partial charge in [0.05, 0.1) is 15.9 Å². The number of aryl methyl sites for hydroxylation is 2. The van der Waals surface area contributed by atoms with Crippen molar-refractivity contribution >= 4 is 22.4 Å². The lowest BCUT2D eigenvalue weighted by atomic mass is 9.99. The first-order valence-corrected chi connectivity index (χ1v) is 9.32. The van der Waals surface area contributed by atoms with Gasteiger partial charge in [0.2, 0.25) is 0 Å². The van der Waals surface area contributed by atoms with Gasteiger partial charge in [-0.2, -0.15) is 0 Å². The van der Waals surface area contributed by atoms with Crippen LogP contribution in [0.1, 0.15) is 24.0 Å². The van der Waals surface area contributed by atoms with E-state index in [-0.39, 0.29) is 0 Å². The van der Waals surface area contributed by atoms with E-state index in [2.05, 4.69) is 53.4 Å². The summed E-state index contributed by atoms with van der Waals surface area (Å²) in [5.74, 6) is 1.83. The Bertz CT molecular complexity index is 811. The lowest BCUT2D eigenvalue weighted by Gasteiger charge is -2.24. The number of piperidine rings is 1. The van der Waals surface area contributed by atoms with Gasteiger partial charge in [-0.25, -0.2) is 4.98 Å². The molecule has 2 aromatic heterocycles. The monoisotopic (exact) mass is 325 g/mol. The second-order valence-electron chi connectivity index (χ2n) is 6.66. The Kier molecular flexibility index (Phi) is 3.95. The molecule has 1 unspecified atom stereocenters. The van der Waals surface area contributed by atoms with E-state index in [0.29, 0.717) is 5.92 Å². The largest absolute Gasteiger partial charge is 0.323 e. The molecule has 1 aliphatic rings. The highest BCUT2D eigenvalue weighted by Gasteiger charge is 2.19. The SMILES string of the molecule is Cc1cc2nc(-c3cccs3)n(CC3CCCNC3)c2cc1C. The Labute approximate surface area is 141 Å². The zero-order valence-corrected chi connectivity index (χ0v) is 14.6. The summed E-state index contributed by atoms with van der Waals surface area (Å²) in [6.07, 6.45) is 2.59. The molecule has 3 aromatic rings. The lowest BCUT2D eigenvalue weighted by molar-refractivity contribution is 0.341. The molecule has 4 rings (SSSR count). The zero-order valence-electron chi connectivity index (χ0n) is 13.8. The molecule has 1 saturated heterocycles. The van der Waals surface area contributed by atoms with Gasteiger partial charge < -0.3 is 9.88 Å². The summed E-state index contributed by atoms with van der Waals surface area (Å²) in [4.78, 5) is 6.24. The second-order valence-corrected chi connectivity index (χ2v) is 7.61. The molecule has 1 N–H and O–H groups in total. The van der Waals surface area contributed by atoms with Gasteiger partial charge >= 0.3 is 0 Å². The molecule has 0 aliphatic carbocycles. The van der Waals surface area contributed by atoms with Crippen molar-refractivity contribution in [2.24, 2.45) is 5.92 Å². The minimum Gasteiger partial charge on any atom is -0.323 e. The third kappa shape index (κ3) is 2.81. The fourth-order valence-electron chi connectivity index (χ4n) is 3.50. The van der Waals surface area contributed by atoms with E-state index in [1.165, 1.54) is 34.4 Å². The van der Waals surface area contributed by atoms with Crippen molar-refractivity contribution in [3.63, 3.8) is 0 Å². The molecule has 23 heavy (non-hydrogen) atoms. The molecule has 4 heteroatoms. The Hall–Kier alpha value is -1.65. The molecule has 1 fully saturated rings. The number of rotatable bonds is 3. The second kappa shape index (κ2) is 6.10. The van der Waals surface area contributed by atoms with Crippen molar-refractivity contribution in [3.05, 3.63) is 40.8 Å². The molecular formula is C19H23N3S. The van der Waals surface area contributed by atoms with Crippen molar-refractivity contribution in [2.45, 2.75) is 33.2 Å². The minimum atomic E-state index is 0.696. The molecule has 1 aromatic carbocycles. The van der Waals surface area contributed by atoms with Gasteiger partial charge in [0.1, 0.15) is 0 Å². The van der Waals surface area contributed by atoms with Crippen LogP contribution < -0.4 is 5.32 Å². The predicted molar refractivity (Wildman–Crippen MR) is 98.1 cm³/mol. The number of hydrogen-bond donors (Lipinski definition) is 1. The summed E-state index contributed by atoms with van der Waals surface area (Å²) < 4.78 is 2.45. The third-order valence-electron chi connectivity index (χ3n) is 4.94. The summed E-state index contributed by atoms with van der Waals surface area (Å²) in [7, 11) is 0. The number of fused-ring (bicyclic) bond motifs is 1. The van der Waals surface area contributed by atoms with E-state index in [4.69, 9.17) is 4.98 Å². The number of hydrogen-bond acceptors (Lipinski definition) is 3. The molecule has 0 saturated carbocycles. The van der Waals surface area contributed by atoms with Crippen LogP contribution in [0.25, 0.3) is 21.7 Å². The van der Waals surface area contributed by atoms with Crippen molar-refractivity contribution in [2.75, 3.05) is 13.1 Å². The normalized spacial score (nSPS) is 18.6. The van der Waals surface area contributed by atoms with E-state index in [1.807, 2.05) is 0 Å². The standard InChI is InChI=1S/C19H23N3S/c1-13-9-16-17(10-14(13)2)22(12-15-5-3-7-20-11-15)19(21-16)18-6-4-8-23-18/h4,6,8-10,15,20H,3,5,7,11-12H2,1-2H3. The van der Waals surface area contributed by atoms with E-state index >= 15 is 0 Å². The maximum absolute atomic E-state index is 4.98. The average molecular weight is 325 g/mol. The Balaban J connectivity index is 1.83. The maximum Gasteiger partial charge on any atom is 0.151 e. The molecule has 1 aliphatic heterocycles. The van der Waals surface area contributed by atoms with Gasteiger partial charge in [-0.1, -0.05) is 6.07 Å². The molecule has 0 spiro atoms. The lowest BCUT2D eigenvalue weighted by Crippen LogP contribution is -2.32. The fourth-order valence-corrected chi connectivity index (χ4v) is 4.22. The van der Waals surface area contributed by atoms with Crippen molar-refractivity contribution in [3.8, 4) is 10.7 Å². The van der Waals surface area contributed by atoms with Crippen molar-refractivity contribution in [1.29, 1.82) is 0 Å². The number of aromatic nitrogens is 2. The minimum absolute atomic E-state index is 0.696. The molecular weight excluding hydrogens is 302 g/mol. The highest BCUT2D eigenvalue weighted by molar-refractivity contribution is 7.13. The van der Waals surface area contributed by atoms with Gasteiger partial charge in [0, 0.05) is 6.54 Å². The predicted octanol–water partition coefficient (Wildman–Crippen LogP) is 4.38. The van der Waals surface area contributed by atoms with Crippen LogP contribution in [-0.2, 0) is 6.54 Å². The molecule has 3 heterocycles. The highest BCUT2D eigenvalue weighted by Crippen LogP contribution is 2.31. The Morgan fingerprint density at radius 3 is 2.91 bits per heavy atom. The van der Waals surface area contributed by atoms with Gasteiger partial charge in [-0.3, -0.25) is 0 Å². The smallest absolute Gasteiger partial charge is 0.151 e. The van der Waals surface area contributed by atoms with Gasteiger partial charge in [0.15, 0.2) is 5.82 Å². The summed E-state index contributed by atoms with van der Waals surface area (Å²) >= 11 is 1.78. The first-order valence-electron chi connectivity index (χ1n) is 8.44. The first kappa shape index (κ1) is 14.9. The van der Waals surface area contributed by atoms with Gasteiger partial charge in [-0.15, -0.1) is 11.3 Å². The Morgan fingerprint density at radius 2 is 2.17 bits per heavy atom. The van der Waals surface area contributed by atoms with Crippen LogP contribution in [0.15, 0.2) is 29.6 Å². The first-order chi connectivity index (χ1) is 11.2. The van der Waals surface area contributed by atoms with E-state index < -0.39 is 0 Å². The van der Waals surface area contributed by atoms with E-state index in [1.54, 1.807) is 11.3 Å². The quantitative estimate of drug-likeness (QED) is 0.774. The molecule has 0 bridgehead atoms. The fraction of sp³-hybridized carbons (Fsp3) is 0.421. The van der Waals surface area contributed by atoms with Crippen LogP contribution >= 0.6 is 11.3 Å². The number of benzene rings is 1. The van der Waals surface area contributed by atoms with Gasteiger partial charge in [-0.05, 0) is 80.4 Å². The van der Waals surface area contributed by atoms with Gasteiger partial charge in [0.25, 0.3) is 0 Å². The molecule has 3 nitrogen and oxygen atoms in total. The summed E-state index contributed by atoms with van der Waals surface area (Å²) in [5.41, 5.74) is 5.07. The number of thiophene rings is 1. The maximum atomic E-state index is 4.98. The topological polar surface area (TPSA) is 29.9 Å². The summed E-state index contributed by atoms with van der Waals surface area (Å²) in [6, 6.07) is 8.84. The van der Waals surface area contributed by atoms with E-state index in [9.17, 15) is 0 Å². The van der Waals surface area contributed by atoms with Crippen LogP contribution in [0.3, 0.4) is 0 Å². The number of imidazole rings is 1. The van der Waals surface area contributed by atoms with Crippen molar-refractivity contribution < 1.29 is 0 Å². The highest BCUT2D eigenvalue weighted by atomic mass is 32.1. The average Bonchev–Trinajstić information content (AvgIpc) is 3.18.